The normalized spacial score (nSPS) is 17.3. The van der Waals surface area contributed by atoms with Crippen molar-refractivity contribution in [2.75, 3.05) is 13.7 Å². The monoisotopic (exact) mass is 311 g/mol. The van der Waals surface area contributed by atoms with Crippen molar-refractivity contribution in [3.63, 3.8) is 0 Å². The van der Waals surface area contributed by atoms with E-state index in [1.54, 1.807) is 7.11 Å². The van der Waals surface area contributed by atoms with Gasteiger partial charge in [0.1, 0.15) is 5.75 Å². The Labute approximate surface area is 118 Å². The minimum absolute atomic E-state index is 0.582. The second-order valence-corrected chi connectivity index (χ2v) is 6.12. The van der Waals surface area contributed by atoms with Crippen LogP contribution in [0.5, 0.6) is 5.75 Å². The lowest BCUT2D eigenvalue weighted by Crippen LogP contribution is -2.39. The molecule has 0 saturated heterocycles. The second-order valence-electron chi connectivity index (χ2n) is 5.27. The highest BCUT2D eigenvalue weighted by Gasteiger charge is 2.34. The zero-order valence-electron chi connectivity index (χ0n) is 11.3. The quantitative estimate of drug-likeness (QED) is 0.853. The van der Waals surface area contributed by atoms with Gasteiger partial charge in [-0.2, -0.15) is 0 Å². The molecule has 1 aliphatic carbocycles. The minimum Gasteiger partial charge on any atom is -0.497 e. The third kappa shape index (κ3) is 3.07. The molecule has 1 saturated carbocycles. The van der Waals surface area contributed by atoms with Crippen molar-refractivity contribution in [1.29, 1.82) is 0 Å². The fourth-order valence-corrected chi connectivity index (χ4v) is 3.09. The van der Waals surface area contributed by atoms with Crippen molar-refractivity contribution in [3.8, 4) is 5.75 Å². The predicted molar refractivity (Wildman–Crippen MR) is 79.0 cm³/mol. The lowest BCUT2D eigenvalue weighted by atomic mass is 9.67. The summed E-state index contributed by atoms with van der Waals surface area (Å²) in [7, 11) is 1.70. The van der Waals surface area contributed by atoms with Crippen LogP contribution < -0.4 is 10.1 Å². The summed E-state index contributed by atoms with van der Waals surface area (Å²) in [5.74, 6) is 0.898. The average molecular weight is 312 g/mol. The van der Waals surface area contributed by atoms with Gasteiger partial charge in [-0.1, -0.05) is 35.3 Å². The summed E-state index contributed by atoms with van der Waals surface area (Å²) in [6.07, 6.45) is 5.48. The molecule has 0 aliphatic heterocycles. The van der Waals surface area contributed by atoms with E-state index in [1.165, 1.54) is 31.2 Å². The van der Waals surface area contributed by atoms with Gasteiger partial charge in [-0.3, -0.25) is 0 Å². The van der Waals surface area contributed by atoms with Crippen molar-refractivity contribution in [3.05, 3.63) is 28.2 Å². The van der Waals surface area contributed by atoms with Gasteiger partial charge < -0.3 is 10.1 Å². The maximum Gasteiger partial charge on any atom is 0.120 e. The van der Waals surface area contributed by atoms with E-state index in [0.29, 0.717) is 5.41 Å². The first-order valence-electron chi connectivity index (χ1n) is 6.72. The first-order valence-corrected chi connectivity index (χ1v) is 7.51. The molecule has 1 aliphatic rings. The number of halogens is 1. The third-order valence-electron chi connectivity index (χ3n) is 4.24. The van der Waals surface area contributed by atoms with Gasteiger partial charge in [0.15, 0.2) is 0 Å². The average Bonchev–Trinajstić information content (AvgIpc) is 2.34. The van der Waals surface area contributed by atoms with Gasteiger partial charge in [0.25, 0.3) is 0 Å². The molecule has 0 radical (unpaired) electrons. The number of ether oxygens (including phenoxy) is 1. The van der Waals surface area contributed by atoms with Crippen LogP contribution in [0.4, 0.5) is 0 Å². The Bertz CT molecular complexity index is 396. The molecule has 0 amide bonds. The van der Waals surface area contributed by atoms with Gasteiger partial charge >= 0.3 is 0 Å². The lowest BCUT2D eigenvalue weighted by molar-refractivity contribution is 0.124. The van der Waals surface area contributed by atoms with Crippen LogP contribution in [0.2, 0.25) is 0 Å². The second kappa shape index (κ2) is 6.07. The van der Waals surface area contributed by atoms with Gasteiger partial charge in [0.2, 0.25) is 0 Å². The highest BCUT2D eigenvalue weighted by molar-refractivity contribution is 9.10. The molecule has 1 aromatic carbocycles. The van der Waals surface area contributed by atoms with E-state index in [9.17, 15) is 0 Å². The molecule has 0 unspecified atom stereocenters. The van der Waals surface area contributed by atoms with Gasteiger partial charge in [0, 0.05) is 17.6 Å². The molecule has 0 bridgehead atoms. The van der Waals surface area contributed by atoms with E-state index in [2.05, 4.69) is 34.2 Å². The Morgan fingerprint density at radius 3 is 2.67 bits per heavy atom. The van der Waals surface area contributed by atoms with Crippen molar-refractivity contribution in [2.45, 2.75) is 39.2 Å². The van der Waals surface area contributed by atoms with E-state index >= 15 is 0 Å². The fraction of sp³-hybridized carbons (Fsp3) is 0.600. The van der Waals surface area contributed by atoms with Crippen LogP contribution in [-0.4, -0.2) is 13.7 Å². The number of hydrogen-bond acceptors (Lipinski definition) is 2. The molecule has 2 rings (SSSR count). The van der Waals surface area contributed by atoms with Crippen LogP contribution in [0, 0.1) is 5.41 Å². The van der Waals surface area contributed by atoms with Gasteiger partial charge in [0.05, 0.1) is 7.11 Å². The van der Waals surface area contributed by atoms with Crippen molar-refractivity contribution >= 4 is 15.9 Å². The van der Waals surface area contributed by atoms with E-state index in [-0.39, 0.29) is 0 Å². The smallest absolute Gasteiger partial charge is 0.120 e. The van der Waals surface area contributed by atoms with Gasteiger partial charge in [-0.25, -0.2) is 0 Å². The molecule has 1 aromatic rings. The van der Waals surface area contributed by atoms with Crippen LogP contribution in [0.25, 0.3) is 0 Å². The third-order valence-corrected chi connectivity index (χ3v) is 4.98. The summed E-state index contributed by atoms with van der Waals surface area (Å²) < 4.78 is 6.32. The Morgan fingerprint density at radius 1 is 1.39 bits per heavy atom. The highest BCUT2D eigenvalue weighted by Crippen LogP contribution is 2.43. The fourth-order valence-electron chi connectivity index (χ4n) is 2.59. The van der Waals surface area contributed by atoms with Crippen LogP contribution in [-0.2, 0) is 6.54 Å². The Hall–Kier alpha value is -0.540. The maximum absolute atomic E-state index is 5.20. The molecule has 100 valence electrons. The van der Waals surface area contributed by atoms with E-state index in [1.807, 2.05) is 12.1 Å². The van der Waals surface area contributed by atoms with Gasteiger partial charge in [-0.05, 0) is 42.4 Å². The first kappa shape index (κ1) is 13.9. The summed E-state index contributed by atoms with van der Waals surface area (Å²) in [5, 5.41) is 3.60. The molecular weight excluding hydrogens is 290 g/mol. The molecule has 18 heavy (non-hydrogen) atoms. The summed E-state index contributed by atoms with van der Waals surface area (Å²) in [5.41, 5.74) is 1.88. The number of rotatable bonds is 6. The molecular formula is C15H22BrNO. The molecule has 0 atom stereocenters. The molecule has 2 nitrogen and oxygen atoms in total. The zero-order chi connectivity index (χ0) is 13.0. The Kier molecular flexibility index (Phi) is 4.68. The Morgan fingerprint density at radius 2 is 2.17 bits per heavy atom. The summed E-state index contributed by atoms with van der Waals surface area (Å²) in [4.78, 5) is 0. The maximum atomic E-state index is 5.20. The number of methoxy groups -OCH3 is 1. The van der Waals surface area contributed by atoms with E-state index < -0.39 is 0 Å². The summed E-state index contributed by atoms with van der Waals surface area (Å²) in [6.45, 7) is 4.37. The topological polar surface area (TPSA) is 21.3 Å². The molecule has 0 heterocycles. The predicted octanol–water partition coefficient (Wildman–Crippen LogP) is 4.13. The van der Waals surface area contributed by atoms with Crippen LogP contribution in [0.3, 0.4) is 0 Å². The van der Waals surface area contributed by atoms with Crippen molar-refractivity contribution < 1.29 is 4.74 Å². The molecule has 3 heteroatoms. The van der Waals surface area contributed by atoms with Crippen LogP contribution >= 0.6 is 15.9 Å². The van der Waals surface area contributed by atoms with Crippen molar-refractivity contribution in [1.82, 2.24) is 5.32 Å². The van der Waals surface area contributed by atoms with Crippen molar-refractivity contribution in [2.24, 2.45) is 5.41 Å². The summed E-state index contributed by atoms with van der Waals surface area (Å²) >= 11 is 3.60. The number of hydrogen-bond donors (Lipinski definition) is 1. The SMILES string of the molecule is CCC1(CNCc2ccc(OC)cc2Br)CCC1. The molecule has 1 N–H and O–H groups in total. The van der Waals surface area contributed by atoms with E-state index in [4.69, 9.17) is 4.74 Å². The zero-order valence-corrected chi connectivity index (χ0v) is 12.8. The highest BCUT2D eigenvalue weighted by atomic mass is 79.9. The molecule has 1 fully saturated rings. The number of nitrogens with one attached hydrogen (secondary N) is 1. The van der Waals surface area contributed by atoms with Crippen LogP contribution in [0.15, 0.2) is 22.7 Å². The molecule has 0 aromatic heterocycles. The minimum atomic E-state index is 0.582. The Balaban J connectivity index is 1.86. The van der Waals surface area contributed by atoms with Gasteiger partial charge in [-0.15, -0.1) is 0 Å². The van der Waals surface area contributed by atoms with E-state index in [0.717, 1.165) is 23.3 Å². The lowest BCUT2D eigenvalue weighted by Gasteiger charge is -2.41. The summed E-state index contributed by atoms with van der Waals surface area (Å²) in [6, 6.07) is 6.16. The standard InChI is InChI=1S/C15H22BrNO/c1-3-15(7-4-8-15)11-17-10-12-5-6-13(18-2)9-14(12)16/h5-6,9,17H,3-4,7-8,10-11H2,1-2H3. The van der Waals surface area contributed by atoms with Crippen LogP contribution in [0.1, 0.15) is 38.2 Å². The molecule has 0 spiro atoms. The largest absolute Gasteiger partial charge is 0.497 e. The number of benzene rings is 1. The first-order chi connectivity index (χ1) is 8.69.